The number of nitrogens with one attached hydrogen (secondary N) is 2. The van der Waals surface area contributed by atoms with Crippen molar-refractivity contribution in [1.29, 1.82) is 0 Å². The van der Waals surface area contributed by atoms with E-state index in [0.717, 1.165) is 35.6 Å². The maximum absolute atomic E-state index is 13.6. The zero-order valence-corrected chi connectivity index (χ0v) is 32.1. The normalized spacial score (nSPS) is 15.3. The van der Waals surface area contributed by atoms with E-state index < -0.39 is 0 Å². The van der Waals surface area contributed by atoms with Gasteiger partial charge >= 0.3 is 6.03 Å². The quantitative estimate of drug-likeness (QED) is 0.127. The van der Waals surface area contributed by atoms with E-state index in [1.165, 1.54) is 0 Å². The van der Waals surface area contributed by atoms with Gasteiger partial charge in [-0.3, -0.25) is 19.2 Å². The lowest BCUT2D eigenvalue weighted by Gasteiger charge is -2.32. The van der Waals surface area contributed by atoms with Crippen LogP contribution in [0, 0.1) is 0 Å². The number of amides is 2. The number of nitrogens with zero attached hydrogens (tertiary/aromatic N) is 8. The first kappa shape index (κ1) is 38.3. The van der Waals surface area contributed by atoms with Crippen molar-refractivity contribution in [3.8, 4) is 22.8 Å². The zero-order valence-electron chi connectivity index (χ0n) is 30.6. The molecule has 0 aliphatic heterocycles. The molecule has 7 rings (SSSR count). The Kier molecular flexibility index (Phi) is 11.5. The Morgan fingerprint density at radius 3 is 2.44 bits per heavy atom. The molecule has 2 aromatic carbocycles. The average molecular weight is 774 g/mol. The molecule has 282 valence electrons. The standard InChI is InChI=1S/C37H40Cl2N10O2.CH2O2/c1-37(2,3)31-19-33(49(45-31)23-20-40-47(21-23)18-17-46(4)5)42-36(50)41-29-14-15-30(26-10-7-6-9-25(26)29)51-24-13-16-32-43-44-35(48(32)22-24)34-27(38)11-8-12-28(34)39;2-1-3/h6-13,16,19-22,29-30H,14-15,17-18H2,1-5H3,(H2,41,42,50);1H,(H,2,3)/t29-,30+;/m0./s1. The lowest BCUT2D eigenvalue weighted by Crippen LogP contribution is -2.36. The van der Waals surface area contributed by atoms with E-state index in [-0.39, 0.29) is 30.1 Å². The minimum atomic E-state index is -0.320. The summed E-state index contributed by atoms with van der Waals surface area (Å²) in [5, 5.41) is 32.2. The number of rotatable bonds is 9. The van der Waals surface area contributed by atoms with Gasteiger partial charge < -0.3 is 20.1 Å². The molecule has 3 N–H and O–H groups in total. The van der Waals surface area contributed by atoms with E-state index in [9.17, 15) is 4.79 Å². The monoisotopic (exact) mass is 772 g/mol. The van der Waals surface area contributed by atoms with Gasteiger partial charge in [-0.15, -0.1) is 10.2 Å². The number of carbonyl (C=O) groups excluding carboxylic acids is 1. The zero-order chi connectivity index (χ0) is 38.6. The van der Waals surface area contributed by atoms with Gasteiger partial charge in [-0.25, -0.2) is 9.48 Å². The van der Waals surface area contributed by atoms with Gasteiger partial charge in [0.15, 0.2) is 11.5 Å². The molecule has 4 heterocycles. The number of ether oxygens (including phenoxy) is 1. The number of hydrogen-bond donors (Lipinski definition) is 3. The highest BCUT2D eigenvalue weighted by atomic mass is 35.5. The van der Waals surface area contributed by atoms with Gasteiger partial charge in [0.1, 0.15) is 23.4 Å². The molecule has 0 saturated carbocycles. The van der Waals surface area contributed by atoms with Crippen molar-refractivity contribution in [3.63, 3.8) is 0 Å². The number of carbonyl (C=O) groups is 2. The predicted molar refractivity (Wildman–Crippen MR) is 208 cm³/mol. The first-order chi connectivity index (χ1) is 25.9. The highest BCUT2D eigenvalue weighted by Gasteiger charge is 2.30. The van der Waals surface area contributed by atoms with E-state index in [2.05, 4.69) is 57.7 Å². The third kappa shape index (κ3) is 8.51. The van der Waals surface area contributed by atoms with Crippen LogP contribution < -0.4 is 15.4 Å². The lowest BCUT2D eigenvalue weighted by atomic mass is 9.85. The van der Waals surface area contributed by atoms with Crippen molar-refractivity contribution in [2.75, 3.05) is 26.0 Å². The average Bonchev–Trinajstić information content (AvgIpc) is 3.88. The Morgan fingerprint density at radius 1 is 1.02 bits per heavy atom. The Morgan fingerprint density at radius 2 is 1.74 bits per heavy atom. The number of pyridine rings is 1. The molecular weight excluding hydrogens is 731 g/mol. The van der Waals surface area contributed by atoms with Gasteiger partial charge in [-0.2, -0.15) is 10.2 Å². The second-order valence-electron chi connectivity index (χ2n) is 14.1. The van der Waals surface area contributed by atoms with Crippen LogP contribution in [0.25, 0.3) is 22.7 Å². The minimum absolute atomic E-state index is 0.220. The summed E-state index contributed by atoms with van der Waals surface area (Å²) < 4.78 is 12.1. The molecule has 0 radical (unpaired) electrons. The van der Waals surface area contributed by atoms with Crippen molar-refractivity contribution in [1.82, 2.24) is 44.4 Å². The Balaban J connectivity index is 0.00000160. The molecule has 54 heavy (non-hydrogen) atoms. The smallest absolute Gasteiger partial charge is 0.320 e. The minimum Gasteiger partial charge on any atom is -0.484 e. The summed E-state index contributed by atoms with van der Waals surface area (Å²) in [6, 6.07) is 18.5. The molecule has 2 atom stereocenters. The van der Waals surface area contributed by atoms with Crippen LogP contribution >= 0.6 is 23.2 Å². The predicted octanol–water partition coefficient (Wildman–Crippen LogP) is 7.42. The van der Waals surface area contributed by atoms with Gasteiger partial charge in [-0.05, 0) is 62.3 Å². The molecule has 0 spiro atoms. The largest absolute Gasteiger partial charge is 0.484 e. The fourth-order valence-corrected chi connectivity index (χ4v) is 6.81. The lowest BCUT2D eigenvalue weighted by molar-refractivity contribution is -0.122. The van der Waals surface area contributed by atoms with Crippen LogP contribution in [0.4, 0.5) is 10.6 Å². The highest BCUT2D eigenvalue weighted by molar-refractivity contribution is 6.39. The molecule has 0 unspecified atom stereocenters. The van der Waals surface area contributed by atoms with Crippen LogP contribution in [0.5, 0.6) is 5.75 Å². The molecule has 0 bridgehead atoms. The van der Waals surface area contributed by atoms with Gasteiger partial charge in [0.25, 0.3) is 6.47 Å². The van der Waals surface area contributed by atoms with Crippen LogP contribution in [-0.2, 0) is 16.8 Å². The fraction of sp³-hybridized carbons (Fsp3) is 0.316. The molecule has 1 aliphatic rings. The Labute approximate surface area is 322 Å². The first-order valence-electron chi connectivity index (χ1n) is 17.3. The summed E-state index contributed by atoms with van der Waals surface area (Å²) in [7, 11) is 4.06. The second-order valence-corrected chi connectivity index (χ2v) is 14.9. The van der Waals surface area contributed by atoms with Crippen LogP contribution in [0.15, 0.2) is 79.3 Å². The van der Waals surface area contributed by atoms with E-state index in [4.69, 9.17) is 42.9 Å². The maximum atomic E-state index is 13.6. The number of halogens is 2. The highest BCUT2D eigenvalue weighted by Crippen LogP contribution is 2.40. The fourth-order valence-electron chi connectivity index (χ4n) is 6.24. The summed E-state index contributed by atoms with van der Waals surface area (Å²) in [4.78, 5) is 24.1. The van der Waals surface area contributed by atoms with Gasteiger partial charge in [0.05, 0.1) is 52.5 Å². The molecule has 1 aliphatic carbocycles. The summed E-state index contributed by atoms with van der Waals surface area (Å²) >= 11 is 13.0. The number of carboxylic acid groups (broad SMARTS) is 1. The number of benzene rings is 2. The van der Waals surface area contributed by atoms with Crippen LogP contribution in [0.3, 0.4) is 0 Å². The number of likely N-dealkylation sites (N-methyl/N-ethyl adjacent to an activating group) is 1. The van der Waals surface area contributed by atoms with E-state index in [1.54, 1.807) is 29.1 Å². The third-order valence-electron chi connectivity index (χ3n) is 8.94. The van der Waals surface area contributed by atoms with E-state index in [1.807, 2.05) is 72.0 Å². The molecule has 14 nitrogen and oxygen atoms in total. The summed E-state index contributed by atoms with van der Waals surface area (Å²) in [5.41, 5.74) is 4.66. The molecule has 0 saturated heterocycles. The number of fused-ring (bicyclic) bond motifs is 2. The van der Waals surface area contributed by atoms with Gasteiger partial charge in [-0.1, -0.05) is 74.3 Å². The second kappa shape index (κ2) is 16.3. The summed E-state index contributed by atoms with van der Waals surface area (Å²) in [6.45, 7) is 7.63. The van der Waals surface area contributed by atoms with Crippen molar-refractivity contribution in [2.45, 2.75) is 57.7 Å². The molecule has 6 aromatic rings. The molecule has 16 heteroatoms. The number of hydrogen-bond acceptors (Lipinski definition) is 8. The van der Waals surface area contributed by atoms with Crippen molar-refractivity contribution in [3.05, 3.63) is 106 Å². The van der Waals surface area contributed by atoms with Crippen LogP contribution in [0.2, 0.25) is 10.0 Å². The maximum Gasteiger partial charge on any atom is 0.320 e. The van der Waals surface area contributed by atoms with Crippen molar-refractivity contribution < 1.29 is 19.4 Å². The summed E-state index contributed by atoms with van der Waals surface area (Å²) in [6.07, 6.45) is 6.69. The Hall–Kier alpha value is -5.44. The van der Waals surface area contributed by atoms with Gasteiger partial charge in [0.2, 0.25) is 0 Å². The third-order valence-corrected chi connectivity index (χ3v) is 9.57. The SMILES string of the molecule is CN(C)CCn1cc(-n2nc(C(C)(C)C)cc2NC(=O)N[C@H]2CC[C@@H](Oc3ccc4nnc(-c5c(Cl)cccc5Cl)n4c3)c3ccccc32)cn1.O=CO. The topological polar surface area (TPSA) is 157 Å². The number of anilines is 1. The molecular formula is C38H42Cl2N10O4. The van der Waals surface area contributed by atoms with Gasteiger partial charge in [0, 0.05) is 18.0 Å². The number of aromatic nitrogens is 7. The molecule has 2 amide bonds. The molecule has 4 aromatic heterocycles. The number of urea groups is 1. The van der Waals surface area contributed by atoms with Crippen LogP contribution in [-0.4, -0.2) is 77.3 Å². The van der Waals surface area contributed by atoms with E-state index in [0.29, 0.717) is 51.5 Å². The summed E-state index contributed by atoms with van der Waals surface area (Å²) in [5.74, 6) is 1.74. The molecule has 0 fully saturated rings. The van der Waals surface area contributed by atoms with Crippen molar-refractivity contribution >= 4 is 47.2 Å². The first-order valence-corrected chi connectivity index (χ1v) is 18.1. The van der Waals surface area contributed by atoms with Crippen molar-refractivity contribution in [2.24, 2.45) is 0 Å². The van der Waals surface area contributed by atoms with Crippen LogP contribution in [0.1, 0.15) is 62.6 Å². The Bertz CT molecular complexity index is 2240. The van der Waals surface area contributed by atoms with E-state index >= 15 is 0 Å².